The van der Waals surface area contributed by atoms with Crippen molar-refractivity contribution in [3.05, 3.63) is 114 Å². The molecule has 0 radical (unpaired) electrons. The smallest absolute Gasteiger partial charge is 0.261 e. The molecule has 0 aliphatic rings. The lowest BCUT2D eigenvalue weighted by Gasteiger charge is -2.12. The van der Waals surface area contributed by atoms with E-state index in [0.29, 0.717) is 12.2 Å². The first-order valence-electron chi connectivity index (χ1n) is 11.1. The summed E-state index contributed by atoms with van der Waals surface area (Å²) in [6, 6.07) is 30.7. The Kier molecular flexibility index (Phi) is 5.67. The fourth-order valence-corrected chi connectivity index (χ4v) is 5.03. The van der Waals surface area contributed by atoms with Gasteiger partial charge >= 0.3 is 0 Å². The Hall–Kier alpha value is -3.90. The van der Waals surface area contributed by atoms with Crippen LogP contribution in [-0.4, -0.2) is 18.0 Å². The van der Waals surface area contributed by atoms with Crippen molar-refractivity contribution in [1.29, 1.82) is 0 Å². The number of benzene rings is 4. The predicted octanol–water partition coefficient (Wildman–Crippen LogP) is 6.17. The van der Waals surface area contributed by atoms with Gasteiger partial charge in [0, 0.05) is 17.8 Å². The minimum Gasteiger partial charge on any atom is -0.319 e. The molecule has 170 valence electrons. The average molecular weight is 468 g/mol. The van der Waals surface area contributed by atoms with Crippen molar-refractivity contribution in [2.24, 2.45) is 0 Å². The van der Waals surface area contributed by atoms with Gasteiger partial charge in [0.05, 0.1) is 15.9 Å². The van der Waals surface area contributed by atoms with Crippen LogP contribution in [0.15, 0.2) is 102 Å². The molecule has 34 heavy (non-hydrogen) atoms. The topological polar surface area (TPSA) is 64.0 Å². The van der Waals surface area contributed by atoms with Gasteiger partial charge in [-0.05, 0) is 55.8 Å². The number of hydrogen-bond donors (Lipinski definition) is 1. The number of para-hydroxylation sites is 2. The molecule has 1 heterocycles. The molecule has 1 aromatic heterocycles. The minimum atomic E-state index is -3.69. The number of hydrogen-bond acceptors (Lipinski definition) is 3. The van der Waals surface area contributed by atoms with Crippen LogP contribution >= 0.6 is 0 Å². The van der Waals surface area contributed by atoms with E-state index in [4.69, 9.17) is 4.98 Å². The zero-order valence-electron chi connectivity index (χ0n) is 19.1. The maximum absolute atomic E-state index is 12.9. The van der Waals surface area contributed by atoms with Crippen molar-refractivity contribution in [1.82, 2.24) is 9.55 Å². The van der Waals surface area contributed by atoms with E-state index in [9.17, 15) is 8.42 Å². The van der Waals surface area contributed by atoms with Crippen LogP contribution in [0.4, 0.5) is 5.69 Å². The molecule has 5 nitrogen and oxygen atoms in total. The Bertz CT molecular complexity index is 1570. The van der Waals surface area contributed by atoms with Crippen LogP contribution in [0, 0.1) is 13.8 Å². The average Bonchev–Trinajstić information content (AvgIpc) is 3.19. The van der Waals surface area contributed by atoms with Crippen LogP contribution in [0.2, 0.25) is 0 Å². The second kappa shape index (κ2) is 8.80. The maximum atomic E-state index is 12.9. The van der Waals surface area contributed by atoms with E-state index < -0.39 is 10.0 Å². The summed E-state index contributed by atoms with van der Waals surface area (Å²) in [4.78, 5) is 5.12. The Balaban J connectivity index is 1.53. The van der Waals surface area contributed by atoms with Crippen molar-refractivity contribution in [2.75, 3.05) is 4.72 Å². The first kappa shape index (κ1) is 21.9. The second-order valence-corrected chi connectivity index (χ2v) is 10.2. The van der Waals surface area contributed by atoms with Crippen molar-refractivity contribution in [2.45, 2.75) is 25.3 Å². The lowest BCUT2D eigenvalue weighted by Crippen LogP contribution is -2.13. The summed E-state index contributed by atoms with van der Waals surface area (Å²) in [6.45, 7) is 4.66. The Labute approximate surface area is 199 Å². The third-order valence-corrected chi connectivity index (χ3v) is 7.22. The summed E-state index contributed by atoms with van der Waals surface area (Å²) in [5.74, 6) is 0.790. The zero-order valence-corrected chi connectivity index (χ0v) is 19.9. The van der Waals surface area contributed by atoms with E-state index in [1.54, 1.807) is 30.3 Å². The van der Waals surface area contributed by atoms with E-state index in [0.717, 1.165) is 28.0 Å². The summed E-state index contributed by atoms with van der Waals surface area (Å²) >= 11 is 0. The molecule has 0 unspecified atom stereocenters. The summed E-state index contributed by atoms with van der Waals surface area (Å²) < 4.78 is 30.7. The number of aryl methyl sites for hydroxylation is 2. The number of nitrogens with zero attached hydrogens (tertiary/aromatic N) is 2. The molecule has 6 heteroatoms. The van der Waals surface area contributed by atoms with Crippen LogP contribution in [0.5, 0.6) is 0 Å². The van der Waals surface area contributed by atoms with E-state index in [1.165, 1.54) is 11.1 Å². The number of fused-ring (bicyclic) bond motifs is 1. The van der Waals surface area contributed by atoms with Crippen molar-refractivity contribution in [3.8, 4) is 11.4 Å². The first-order chi connectivity index (χ1) is 16.4. The van der Waals surface area contributed by atoms with E-state index in [2.05, 4.69) is 46.5 Å². The number of anilines is 1. The van der Waals surface area contributed by atoms with Gasteiger partial charge in [-0.2, -0.15) is 0 Å². The largest absolute Gasteiger partial charge is 0.319 e. The number of nitrogens with one attached hydrogen (secondary N) is 1. The standard InChI is InChI=1S/C28H25N3O2S/c1-20-10-14-22(15-11-20)19-31-27-9-4-3-8-26(27)29-28(31)23-6-5-7-24(18-23)30-34(32,33)25-16-12-21(2)13-17-25/h3-18,30H,19H2,1-2H3. The Morgan fingerprint density at radius 3 is 2.21 bits per heavy atom. The molecule has 0 fully saturated rings. The minimum absolute atomic E-state index is 0.232. The van der Waals surface area contributed by atoms with E-state index in [-0.39, 0.29) is 4.90 Å². The lowest BCUT2D eigenvalue weighted by molar-refractivity contribution is 0.601. The molecule has 0 aliphatic carbocycles. The molecule has 1 N–H and O–H groups in total. The zero-order chi connectivity index (χ0) is 23.7. The molecule has 0 bridgehead atoms. The molecule has 0 aliphatic heterocycles. The first-order valence-corrected chi connectivity index (χ1v) is 12.6. The fourth-order valence-electron chi connectivity index (χ4n) is 3.99. The third kappa shape index (κ3) is 4.45. The third-order valence-electron chi connectivity index (χ3n) is 5.82. The summed E-state index contributed by atoms with van der Waals surface area (Å²) in [6.07, 6.45) is 0. The molecule has 0 spiro atoms. The Morgan fingerprint density at radius 1 is 0.794 bits per heavy atom. The molecular formula is C28H25N3O2S. The number of imidazole rings is 1. The lowest BCUT2D eigenvalue weighted by atomic mass is 10.1. The Morgan fingerprint density at radius 2 is 1.47 bits per heavy atom. The molecule has 5 aromatic rings. The number of aromatic nitrogens is 2. The highest BCUT2D eigenvalue weighted by Gasteiger charge is 2.16. The number of sulfonamides is 1. The molecule has 0 amide bonds. The SMILES string of the molecule is Cc1ccc(Cn2c(-c3cccc(NS(=O)(=O)c4ccc(C)cc4)c3)nc3ccccc32)cc1. The van der Waals surface area contributed by atoms with Crippen LogP contribution in [0.3, 0.4) is 0 Å². The van der Waals surface area contributed by atoms with Crippen LogP contribution in [0.1, 0.15) is 16.7 Å². The maximum Gasteiger partial charge on any atom is 0.261 e. The van der Waals surface area contributed by atoms with Crippen molar-refractivity contribution < 1.29 is 8.42 Å². The van der Waals surface area contributed by atoms with Gasteiger partial charge in [-0.3, -0.25) is 4.72 Å². The second-order valence-electron chi connectivity index (χ2n) is 8.50. The number of rotatable bonds is 6. The molecule has 0 atom stereocenters. The molecular weight excluding hydrogens is 442 g/mol. The highest BCUT2D eigenvalue weighted by molar-refractivity contribution is 7.92. The van der Waals surface area contributed by atoms with Crippen molar-refractivity contribution >= 4 is 26.7 Å². The highest BCUT2D eigenvalue weighted by atomic mass is 32.2. The normalized spacial score (nSPS) is 11.6. The van der Waals surface area contributed by atoms with Gasteiger partial charge in [-0.1, -0.05) is 71.8 Å². The van der Waals surface area contributed by atoms with Gasteiger partial charge < -0.3 is 4.57 Å². The molecule has 4 aromatic carbocycles. The summed E-state index contributed by atoms with van der Waals surface area (Å²) in [5.41, 5.74) is 6.66. The van der Waals surface area contributed by atoms with E-state index in [1.807, 2.05) is 43.3 Å². The molecule has 0 saturated carbocycles. The van der Waals surface area contributed by atoms with Gasteiger partial charge in [0.2, 0.25) is 0 Å². The monoisotopic (exact) mass is 467 g/mol. The van der Waals surface area contributed by atoms with Gasteiger partial charge in [0.15, 0.2) is 0 Å². The van der Waals surface area contributed by atoms with Gasteiger partial charge in [0.25, 0.3) is 10.0 Å². The highest BCUT2D eigenvalue weighted by Crippen LogP contribution is 2.28. The van der Waals surface area contributed by atoms with Gasteiger partial charge in [-0.25, -0.2) is 13.4 Å². The van der Waals surface area contributed by atoms with Crippen LogP contribution in [0.25, 0.3) is 22.4 Å². The molecule has 5 rings (SSSR count). The van der Waals surface area contributed by atoms with Crippen molar-refractivity contribution in [3.63, 3.8) is 0 Å². The van der Waals surface area contributed by atoms with Gasteiger partial charge in [-0.15, -0.1) is 0 Å². The summed E-state index contributed by atoms with van der Waals surface area (Å²) in [5, 5.41) is 0. The van der Waals surface area contributed by atoms with Crippen LogP contribution < -0.4 is 4.72 Å². The molecule has 0 saturated heterocycles. The van der Waals surface area contributed by atoms with E-state index >= 15 is 0 Å². The quantitative estimate of drug-likeness (QED) is 0.325. The van der Waals surface area contributed by atoms with Gasteiger partial charge in [0.1, 0.15) is 5.82 Å². The fraction of sp³-hybridized carbons (Fsp3) is 0.107. The predicted molar refractivity (Wildman–Crippen MR) is 137 cm³/mol. The summed E-state index contributed by atoms with van der Waals surface area (Å²) in [7, 11) is -3.69. The van der Waals surface area contributed by atoms with Crippen LogP contribution in [-0.2, 0) is 16.6 Å².